The minimum absolute atomic E-state index is 0.00207. The van der Waals surface area contributed by atoms with E-state index in [2.05, 4.69) is 15.3 Å². The fourth-order valence-electron chi connectivity index (χ4n) is 3.95. The average Bonchev–Trinajstić information content (AvgIpc) is 3.67. The zero-order valence-electron chi connectivity index (χ0n) is 19.5. The fourth-order valence-corrected chi connectivity index (χ4v) is 4.07. The molecule has 1 aliphatic carbocycles. The molecule has 2 heterocycles. The number of hydrogen-bond acceptors (Lipinski definition) is 7. The number of halogens is 1. The van der Waals surface area contributed by atoms with E-state index in [9.17, 15) is 19.5 Å². The number of pyridine rings is 1. The highest BCUT2D eigenvalue weighted by Crippen LogP contribution is 2.39. The molecule has 4 aromatic rings. The van der Waals surface area contributed by atoms with Crippen molar-refractivity contribution in [1.82, 2.24) is 19.1 Å². The van der Waals surface area contributed by atoms with Crippen LogP contribution in [-0.4, -0.2) is 30.2 Å². The lowest BCUT2D eigenvalue weighted by Gasteiger charge is -2.16. The molecule has 0 spiro atoms. The van der Waals surface area contributed by atoms with Gasteiger partial charge in [0, 0.05) is 29.5 Å². The highest BCUT2D eigenvalue weighted by atomic mass is 35.5. The Morgan fingerprint density at radius 3 is 2.46 bits per heavy atom. The van der Waals surface area contributed by atoms with Crippen molar-refractivity contribution in [3.63, 3.8) is 0 Å². The minimum atomic E-state index is -0.929. The summed E-state index contributed by atoms with van der Waals surface area (Å²) in [6.45, 7) is 0.127. The van der Waals surface area contributed by atoms with Gasteiger partial charge in [-0.1, -0.05) is 29.8 Å². The predicted octanol–water partition coefficient (Wildman–Crippen LogP) is 3.76. The molecule has 11 heteroatoms. The number of nitrogens with zero attached hydrogens (tertiary/aromatic N) is 4. The van der Waals surface area contributed by atoms with Crippen molar-refractivity contribution in [2.24, 2.45) is 11.8 Å². The van der Waals surface area contributed by atoms with Gasteiger partial charge in [-0.25, -0.2) is 19.1 Å². The number of nitrogens with one attached hydrogen (secondary N) is 1. The third-order valence-corrected chi connectivity index (χ3v) is 6.28. The number of carbonyl (C=O) groups is 1. The van der Waals surface area contributed by atoms with Gasteiger partial charge in [-0.2, -0.15) is 4.98 Å². The number of aliphatic carboxylic acids is 1. The van der Waals surface area contributed by atoms with Crippen molar-refractivity contribution in [2.45, 2.75) is 19.5 Å². The van der Waals surface area contributed by atoms with Crippen LogP contribution >= 0.6 is 11.6 Å². The lowest BCUT2D eigenvalue weighted by molar-refractivity contribution is -0.138. The first kappa shape index (κ1) is 24.3. The molecule has 1 aliphatic rings. The maximum absolute atomic E-state index is 13.4. The van der Waals surface area contributed by atoms with Gasteiger partial charge in [0.25, 0.3) is 0 Å². The molecule has 2 aromatic heterocycles. The number of carboxylic acids is 1. The molecule has 1 saturated carbocycles. The molecule has 0 unspecified atom stereocenters. The molecule has 1 fully saturated rings. The van der Waals surface area contributed by atoms with Crippen LogP contribution in [0.25, 0.3) is 0 Å². The first-order valence-electron chi connectivity index (χ1n) is 11.5. The Morgan fingerprint density at radius 2 is 1.81 bits per heavy atom. The summed E-state index contributed by atoms with van der Waals surface area (Å²) in [7, 11) is 0. The van der Waals surface area contributed by atoms with Crippen LogP contribution in [0.5, 0.6) is 11.6 Å². The van der Waals surface area contributed by atoms with Gasteiger partial charge in [0.15, 0.2) is 0 Å². The molecule has 2 N–H and O–H groups in total. The smallest absolute Gasteiger partial charge is 0.354 e. The summed E-state index contributed by atoms with van der Waals surface area (Å²) in [5.41, 5.74) is 0.0282. The van der Waals surface area contributed by atoms with Gasteiger partial charge in [-0.05, 0) is 60.4 Å². The second-order valence-corrected chi connectivity index (χ2v) is 9.12. The van der Waals surface area contributed by atoms with Crippen LogP contribution in [0, 0.1) is 11.8 Å². The van der Waals surface area contributed by atoms with E-state index in [4.69, 9.17) is 16.3 Å². The molecule has 0 saturated heterocycles. The van der Waals surface area contributed by atoms with Gasteiger partial charge in [0.1, 0.15) is 5.75 Å². The van der Waals surface area contributed by atoms with Gasteiger partial charge >= 0.3 is 17.3 Å². The zero-order valence-corrected chi connectivity index (χ0v) is 20.2. The van der Waals surface area contributed by atoms with Crippen LogP contribution in [-0.2, 0) is 17.9 Å². The first-order chi connectivity index (χ1) is 17.9. The largest absolute Gasteiger partial charge is 0.481 e. The molecule has 2 atom stereocenters. The SMILES string of the molecule is O=C(O)[C@H]1C[C@@H]1Cn1c(=O)nc(Nc2ccc(Oc3ccccn3)cc2)n(Cc2ccc(Cl)cc2)c1=O. The molecule has 2 aromatic carbocycles. The monoisotopic (exact) mass is 519 g/mol. The van der Waals surface area contributed by atoms with Crippen LogP contribution in [0.3, 0.4) is 0 Å². The van der Waals surface area contributed by atoms with E-state index in [0.717, 1.165) is 10.1 Å². The Balaban J connectivity index is 1.44. The van der Waals surface area contributed by atoms with E-state index in [-0.39, 0.29) is 25.0 Å². The Bertz CT molecular complexity index is 1540. The van der Waals surface area contributed by atoms with Crippen molar-refractivity contribution in [3.8, 4) is 11.6 Å². The summed E-state index contributed by atoms with van der Waals surface area (Å²) in [6, 6.07) is 19.2. The lowest BCUT2D eigenvalue weighted by Crippen LogP contribution is -2.43. The Kier molecular flexibility index (Phi) is 6.74. The van der Waals surface area contributed by atoms with Crippen LogP contribution in [0.1, 0.15) is 12.0 Å². The van der Waals surface area contributed by atoms with E-state index in [1.165, 1.54) is 4.57 Å². The predicted molar refractivity (Wildman–Crippen MR) is 137 cm³/mol. The Hall–Kier alpha value is -4.44. The van der Waals surface area contributed by atoms with Crippen LogP contribution in [0.2, 0.25) is 5.02 Å². The van der Waals surface area contributed by atoms with Gasteiger partial charge in [-0.15, -0.1) is 0 Å². The number of anilines is 2. The van der Waals surface area contributed by atoms with Crippen molar-refractivity contribution < 1.29 is 14.6 Å². The molecule has 37 heavy (non-hydrogen) atoms. The van der Waals surface area contributed by atoms with Gasteiger partial charge in [0.2, 0.25) is 11.8 Å². The third-order valence-electron chi connectivity index (χ3n) is 6.03. The summed E-state index contributed by atoms with van der Waals surface area (Å²) >= 11 is 6.00. The highest BCUT2D eigenvalue weighted by molar-refractivity contribution is 6.30. The Labute approximate surface area is 215 Å². The average molecular weight is 520 g/mol. The number of hydrogen-bond donors (Lipinski definition) is 2. The first-order valence-corrected chi connectivity index (χ1v) is 11.9. The van der Waals surface area contributed by atoms with Crippen molar-refractivity contribution in [1.29, 1.82) is 0 Å². The second kappa shape index (κ2) is 10.3. The normalized spacial score (nSPS) is 16.2. The van der Waals surface area contributed by atoms with Crippen LogP contribution < -0.4 is 21.4 Å². The molecular weight excluding hydrogens is 498 g/mol. The number of rotatable bonds is 9. The van der Waals surface area contributed by atoms with Crippen LogP contribution in [0.15, 0.2) is 82.5 Å². The number of aromatic nitrogens is 4. The summed E-state index contributed by atoms with van der Waals surface area (Å²) < 4.78 is 8.05. The van der Waals surface area contributed by atoms with Gasteiger partial charge < -0.3 is 15.2 Å². The van der Waals surface area contributed by atoms with Crippen LogP contribution in [0.4, 0.5) is 11.6 Å². The lowest BCUT2D eigenvalue weighted by atomic mass is 10.2. The standard InChI is InChI=1S/C26H22ClN5O5/c27-18-6-4-16(5-7-18)14-31-24(30-25(35)32(26(31)36)15-17-13-21(17)23(33)34)29-19-8-10-20(11-9-19)37-22-3-1-2-12-28-22/h1-12,17,21H,13-15H2,(H,33,34)(H,29,30,35)/t17-,21+/m1/s1. The molecule has 0 bridgehead atoms. The fraction of sp³-hybridized carbons (Fsp3) is 0.192. The molecular formula is C26H22ClN5O5. The second-order valence-electron chi connectivity index (χ2n) is 8.68. The topological polar surface area (TPSA) is 128 Å². The molecule has 10 nitrogen and oxygen atoms in total. The van der Waals surface area contributed by atoms with E-state index in [0.29, 0.717) is 28.8 Å². The number of ether oxygens (including phenoxy) is 1. The summed E-state index contributed by atoms with van der Waals surface area (Å²) in [5.74, 6) is -0.694. The van der Waals surface area contributed by atoms with Crippen molar-refractivity contribution in [3.05, 3.63) is 104 Å². The molecule has 0 radical (unpaired) electrons. The van der Waals surface area contributed by atoms with Gasteiger partial charge in [-0.3, -0.25) is 9.36 Å². The highest BCUT2D eigenvalue weighted by Gasteiger charge is 2.43. The van der Waals surface area contributed by atoms with E-state index >= 15 is 0 Å². The van der Waals surface area contributed by atoms with E-state index in [1.54, 1.807) is 66.9 Å². The minimum Gasteiger partial charge on any atom is -0.481 e. The third kappa shape index (κ3) is 5.70. The number of carboxylic acid groups (broad SMARTS) is 1. The van der Waals surface area contributed by atoms with Crippen molar-refractivity contribution in [2.75, 3.05) is 5.32 Å². The summed E-state index contributed by atoms with van der Waals surface area (Å²) in [5, 5.41) is 12.8. The number of benzene rings is 2. The summed E-state index contributed by atoms with van der Waals surface area (Å²) in [4.78, 5) is 45.7. The van der Waals surface area contributed by atoms with Gasteiger partial charge in [0.05, 0.1) is 12.5 Å². The van der Waals surface area contributed by atoms with E-state index in [1.807, 2.05) is 6.07 Å². The summed E-state index contributed by atoms with van der Waals surface area (Å²) in [6.07, 6.45) is 2.05. The maximum atomic E-state index is 13.4. The van der Waals surface area contributed by atoms with Crippen molar-refractivity contribution >= 4 is 29.2 Å². The molecule has 0 amide bonds. The maximum Gasteiger partial charge on any atom is 0.354 e. The molecule has 0 aliphatic heterocycles. The quantitative estimate of drug-likeness (QED) is 0.342. The van der Waals surface area contributed by atoms with E-state index < -0.39 is 23.3 Å². The Morgan fingerprint density at radius 1 is 1.05 bits per heavy atom. The molecule has 188 valence electrons. The zero-order chi connectivity index (χ0) is 25.9. The molecule has 5 rings (SSSR count).